The van der Waals surface area contributed by atoms with Crippen molar-refractivity contribution in [2.75, 3.05) is 11.1 Å². The summed E-state index contributed by atoms with van der Waals surface area (Å²) in [5.74, 6) is 0.301. The van der Waals surface area contributed by atoms with Gasteiger partial charge in [0.05, 0.1) is 11.3 Å². The largest absolute Gasteiger partial charge is 0.369 e. The van der Waals surface area contributed by atoms with E-state index < -0.39 is 5.92 Å². The third-order valence-corrected chi connectivity index (χ3v) is 6.20. The van der Waals surface area contributed by atoms with Crippen LogP contribution in [0.15, 0.2) is 58.9 Å². The Labute approximate surface area is 173 Å². The Hall–Kier alpha value is -3.67. The Morgan fingerprint density at radius 2 is 1.77 bits per heavy atom. The quantitative estimate of drug-likeness (QED) is 0.618. The molecule has 2 aliphatic rings. The zero-order valence-electron chi connectivity index (χ0n) is 16.8. The SMILES string of the molecule is CC[C@H](C)c1ccc([C@H]2C3=C(Nc4nc(N)[nH]c(=O)c42)c2ccccc2C3=O)cc1. The second-order valence-corrected chi connectivity index (χ2v) is 7.91. The van der Waals surface area contributed by atoms with Crippen LogP contribution in [0.25, 0.3) is 5.70 Å². The molecule has 2 aromatic carbocycles. The molecule has 0 fully saturated rings. The van der Waals surface area contributed by atoms with Crippen LogP contribution in [0.3, 0.4) is 0 Å². The van der Waals surface area contributed by atoms with E-state index in [2.05, 4.69) is 41.3 Å². The van der Waals surface area contributed by atoms with Crippen LogP contribution in [-0.2, 0) is 0 Å². The number of ketones is 1. The normalized spacial score (nSPS) is 17.8. The van der Waals surface area contributed by atoms with Gasteiger partial charge in [0.25, 0.3) is 5.56 Å². The van der Waals surface area contributed by atoms with Crippen molar-refractivity contribution in [3.63, 3.8) is 0 Å². The summed E-state index contributed by atoms with van der Waals surface area (Å²) in [4.78, 5) is 33.2. The predicted molar refractivity (Wildman–Crippen MR) is 118 cm³/mol. The number of aromatic amines is 1. The van der Waals surface area contributed by atoms with Gasteiger partial charge in [-0.25, -0.2) is 0 Å². The van der Waals surface area contributed by atoms with E-state index in [1.807, 2.05) is 36.4 Å². The summed E-state index contributed by atoms with van der Waals surface area (Å²) in [7, 11) is 0. The summed E-state index contributed by atoms with van der Waals surface area (Å²) in [5.41, 5.74) is 10.7. The van der Waals surface area contributed by atoms with Crippen molar-refractivity contribution in [1.29, 1.82) is 0 Å². The Morgan fingerprint density at radius 3 is 2.47 bits per heavy atom. The molecule has 1 aromatic heterocycles. The summed E-state index contributed by atoms with van der Waals surface area (Å²) in [5, 5.41) is 3.21. The first-order valence-corrected chi connectivity index (χ1v) is 10.1. The minimum Gasteiger partial charge on any atom is -0.369 e. The lowest BCUT2D eigenvalue weighted by molar-refractivity contribution is 0.103. The van der Waals surface area contributed by atoms with Gasteiger partial charge in [0.15, 0.2) is 5.78 Å². The maximum atomic E-state index is 13.4. The molecular formula is C24H22N4O2. The van der Waals surface area contributed by atoms with Crippen molar-refractivity contribution in [1.82, 2.24) is 9.97 Å². The Balaban J connectivity index is 1.74. The minimum absolute atomic E-state index is 0.0405. The molecule has 0 radical (unpaired) electrons. The number of Topliss-reactive ketones (excluding diaryl/α,β-unsaturated/α-hetero) is 1. The molecule has 0 saturated heterocycles. The highest BCUT2D eigenvalue weighted by Crippen LogP contribution is 2.47. The monoisotopic (exact) mass is 398 g/mol. The van der Waals surface area contributed by atoms with E-state index in [0.29, 0.717) is 34.1 Å². The van der Waals surface area contributed by atoms with Crippen LogP contribution >= 0.6 is 0 Å². The average molecular weight is 398 g/mol. The molecule has 2 heterocycles. The van der Waals surface area contributed by atoms with Crippen molar-refractivity contribution in [3.8, 4) is 0 Å². The van der Waals surface area contributed by atoms with Crippen LogP contribution < -0.4 is 16.6 Å². The number of benzene rings is 2. The zero-order valence-corrected chi connectivity index (χ0v) is 16.8. The van der Waals surface area contributed by atoms with Gasteiger partial charge < -0.3 is 11.1 Å². The molecule has 4 N–H and O–H groups in total. The highest BCUT2D eigenvalue weighted by Gasteiger charge is 2.41. The van der Waals surface area contributed by atoms with Crippen molar-refractivity contribution in [3.05, 3.63) is 92.3 Å². The van der Waals surface area contributed by atoms with E-state index in [0.717, 1.165) is 17.5 Å². The van der Waals surface area contributed by atoms with Gasteiger partial charge in [0.1, 0.15) is 5.82 Å². The van der Waals surface area contributed by atoms with Crippen LogP contribution in [0.1, 0.15) is 64.7 Å². The number of anilines is 2. The summed E-state index contributed by atoms with van der Waals surface area (Å²) in [6, 6.07) is 15.7. The fourth-order valence-corrected chi connectivity index (χ4v) is 4.42. The number of carbonyl (C=O) groups excluding carboxylic acids is 1. The number of nitrogens with one attached hydrogen (secondary N) is 2. The van der Waals surface area contributed by atoms with E-state index >= 15 is 0 Å². The number of rotatable bonds is 3. The van der Waals surface area contributed by atoms with Crippen molar-refractivity contribution >= 4 is 23.2 Å². The zero-order chi connectivity index (χ0) is 21.0. The third kappa shape index (κ3) is 2.60. The second kappa shape index (κ2) is 6.69. The molecule has 3 aromatic rings. The van der Waals surface area contributed by atoms with Gasteiger partial charge in [0.2, 0.25) is 5.95 Å². The van der Waals surface area contributed by atoms with E-state index in [1.54, 1.807) is 0 Å². The summed E-state index contributed by atoms with van der Waals surface area (Å²) in [6.07, 6.45) is 1.04. The molecule has 0 unspecified atom stereocenters. The highest BCUT2D eigenvalue weighted by atomic mass is 16.1. The number of carbonyl (C=O) groups is 1. The lowest BCUT2D eigenvalue weighted by atomic mass is 9.81. The average Bonchev–Trinajstić information content (AvgIpc) is 3.04. The Bertz CT molecular complexity index is 1270. The topological polar surface area (TPSA) is 101 Å². The molecule has 150 valence electrons. The van der Waals surface area contributed by atoms with Crippen LogP contribution in [0.2, 0.25) is 0 Å². The number of nitrogens with two attached hydrogens (primary N) is 1. The maximum Gasteiger partial charge on any atom is 0.258 e. The standard InChI is InChI=1S/C24H22N4O2/c1-3-12(2)13-8-10-14(11-9-13)17-18-20(15-6-4-5-7-16(15)21(18)29)26-22-19(17)23(30)28-24(25)27-22/h4-12,17H,3H2,1-2H3,(H4,25,26,27,28,30)/t12-,17-/m0/s1. The summed E-state index contributed by atoms with van der Waals surface area (Å²) < 4.78 is 0. The fourth-order valence-electron chi connectivity index (χ4n) is 4.42. The van der Waals surface area contributed by atoms with E-state index in [9.17, 15) is 9.59 Å². The molecule has 0 bridgehead atoms. The predicted octanol–water partition coefficient (Wildman–Crippen LogP) is 4.03. The Morgan fingerprint density at radius 1 is 1.07 bits per heavy atom. The smallest absolute Gasteiger partial charge is 0.258 e. The fraction of sp³-hybridized carbons (Fsp3) is 0.208. The number of allylic oxidation sites excluding steroid dienone is 1. The number of hydrogen-bond acceptors (Lipinski definition) is 5. The van der Waals surface area contributed by atoms with Gasteiger partial charge in [-0.1, -0.05) is 62.4 Å². The van der Waals surface area contributed by atoms with E-state index in [-0.39, 0.29) is 17.3 Å². The Kier molecular flexibility index (Phi) is 4.10. The van der Waals surface area contributed by atoms with Gasteiger partial charge in [-0.2, -0.15) is 4.98 Å². The van der Waals surface area contributed by atoms with E-state index in [4.69, 9.17) is 5.73 Å². The van der Waals surface area contributed by atoms with Crippen molar-refractivity contribution < 1.29 is 4.79 Å². The lowest BCUT2D eigenvalue weighted by Crippen LogP contribution is -2.28. The molecule has 1 aliphatic carbocycles. The molecular weight excluding hydrogens is 376 g/mol. The molecule has 1 aliphatic heterocycles. The van der Waals surface area contributed by atoms with Gasteiger partial charge in [-0.3, -0.25) is 14.6 Å². The number of hydrogen-bond donors (Lipinski definition) is 3. The molecule has 0 amide bonds. The molecule has 30 heavy (non-hydrogen) atoms. The van der Waals surface area contributed by atoms with Gasteiger partial charge >= 0.3 is 0 Å². The first-order chi connectivity index (χ1) is 14.5. The molecule has 5 rings (SSSR count). The lowest BCUT2D eigenvalue weighted by Gasteiger charge is -2.27. The molecule has 6 nitrogen and oxygen atoms in total. The van der Waals surface area contributed by atoms with Crippen LogP contribution in [0, 0.1) is 0 Å². The van der Waals surface area contributed by atoms with Crippen molar-refractivity contribution in [2.24, 2.45) is 0 Å². The van der Waals surface area contributed by atoms with Gasteiger partial charge in [-0.15, -0.1) is 0 Å². The maximum absolute atomic E-state index is 13.4. The molecule has 0 saturated carbocycles. The van der Waals surface area contributed by atoms with Crippen LogP contribution in [0.5, 0.6) is 0 Å². The number of fused-ring (bicyclic) bond motifs is 3. The van der Waals surface area contributed by atoms with E-state index in [1.165, 1.54) is 5.56 Å². The number of nitrogen functional groups attached to an aromatic ring is 1. The van der Waals surface area contributed by atoms with Crippen molar-refractivity contribution in [2.45, 2.75) is 32.1 Å². The summed E-state index contributed by atoms with van der Waals surface area (Å²) in [6.45, 7) is 4.34. The number of H-pyrrole nitrogens is 1. The third-order valence-electron chi connectivity index (χ3n) is 6.20. The molecule has 0 spiro atoms. The highest BCUT2D eigenvalue weighted by molar-refractivity contribution is 6.23. The first-order valence-electron chi connectivity index (χ1n) is 10.1. The number of nitrogens with zero attached hydrogens (tertiary/aromatic N) is 1. The van der Waals surface area contributed by atoms with Gasteiger partial charge in [0, 0.05) is 22.6 Å². The first kappa shape index (κ1) is 18.4. The molecule has 2 atom stereocenters. The second-order valence-electron chi connectivity index (χ2n) is 7.91. The number of aromatic nitrogens is 2. The summed E-state index contributed by atoms with van der Waals surface area (Å²) >= 11 is 0. The molecule has 6 heteroatoms. The van der Waals surface area contributed by atoms with Crippen LogP contribution in [-0.4, -0.2) is 15.8 Å². The van der Waals surface area contributed by atoms with Gasteiger partial charge in [-0.05, 0) is 23.5 Å². The minimum atomic E-state index is -0.515. The van der Waals surface area contributed by atoms with Crippen LogP contribution in [0.4, 0.5) is 11.8 Å².